The third-order valence-electron chi connectivity index (χ3n) is 3.31. The Bertz CT molecular complexity index is 643. The minimum Gasteiger partial charge on any atom is -0.381 e. The summed E-state index contributed by atoms with van der Waals surface area (Å²) in [4.78, 5) is 3.19. The van der Waals surface area contributed by atoms with Gasteiger partial charge in [0.15, 0.2) is 4.77 Å². The van der Waals surface area contributed by atoms with Crippen molar-refractivity contribution in [3.8, 4) is 0 Å². The number of aromatic nitrogens is 2. The molecule has 1 aromatic heterocycles. The Hall–Kier alpha value is -0.550. The number of aromatic amines is 1. The van der Waals surface area contributed by atoms with Gasteiger partial charge in [0.25, 0.3) is 0 Å². The molecule has 0 radical (unpaired) electrons. The Kier molecular flexibility index (Phi) is 3.36. The quantitative estimate of drug-likeness (QED) is 0.793. The molecular formula is C12H12Cl2N2OS. The van der Waals surface area contributed by atoms with Crippen LogP contribution in [0.2, 0.25) is 10.0 Å². The van der Waals surface area contributed by atoms with Crippen LogP contribution in [0.15, 0.2) is 12.1 Å². The van der Waals surface area contributed by atoms with E-state index in [-0.39, 0.29) is 0 Å². The van der Waals surface area contributed by atoms with Crippen molar-refractivity contribution >= 4 is 46.5 Å². The number of benzene rings is 1. The van der Waals surface area contributed by atoms with Crippen LogP contribution < -0.4 is 0 Å². The van der Waals surface area contributed by atoms with Crippen molar-refractivity contribution < 1.29 is 4.74 Å². The SMILES string of the molecule is S=c1[nH]c2cc(Cl)c(Cl)cc2n1C1CCOCC1. The minimum absolute atomic E-state index is 0.372. The minimum atomic E-state index is 0.372. The van der Waals surface area contributed by atoms with E-state index in [4.69, 9.17) is 40.2 Å². The molecule has 0 spiro atoms. The van der Waals surface area contributed by atoms with Gasteiger partial charge in [0.1, 0.15) is 0 Å². The van der Waals surface area contributed by atoms with Crippen LogP contribution in [0.4, 0.5) is 0 Å². The Morgan fingerprint density at radius 3 is 2.61 bits per heavy atom. The molecule has 1 fully saturated rings. The first-order valence-corrected chi connectivity index (χ1v) is 7.00. The van der Waals surface area contributed by atoms with Gasteiger partial charge < -0.3 is 14.3 Å². The molecule has 0 saturated carbocycles. The van der Waals surface area contributed by atoms with E-state index in [1.165, 1.54) is 0 Å². The molecule has 2 aromatic rings. The summed E-state index contributed by atoms with van der Waals surface area (Å²) in [5.41, 5.74) is 1.95. The van der Waals surface area contributed by atoms with E-state index in [0.717, 1.165) is 41.9 Å². The number of imidazole rings is 1. The predicted molar refractivity (Wildman–Crippen MR) is 76.2 cm³/mol. The van der Waals surface area contributed by atoms with Gasteiger partial charge in [-0.25, -0.2) is 0 Å². The highest BCUT2D eigenvalue weighted by Gasteiger charge is 2.19. The lowest BCUT2D eigenvalue weighted by Crippen LogP contribution is -2.19. The lowest BCUT2D eigenvalue weighted by Gasteiger charge is -2.24. The first-order valence-electron chi connectivity index (χ1n) is 5.84. The maximum atomic E-state index is 6.09. The van der Waals surface area contributed by atoms with Crippen LogP contribution in [0.5, 0.6) is 0 Å². The molecule has 0 bridgehead atoms. The second kappa shape index (κ2) is 4.85. The number of hydrogen-bond donors (Lipinski definition) is 1. The third kappa shape index (κ3) is 2.07. The zero-order valence-electron chi connectivity index (χ0n) is 9.58. The van der Waals surface area contributed by atoms with Crippen LogP contribution in [0.1, 0.15) is 18.9 Å². The van der Waals surface area contributed by atoms with E-state index >= 15 is 0 Å². The Balaban J connectivity index is 2.18. The fourth-order valence-corrected chi connectivity index (χ4v) is 3.11. The number of halogens is 2. The summed E-state index contributed by atoms with van der Waals surface area (Å²) in [5.74, 6) is 0. The Morgan fingerprint density at radius 2 is 1.89 bits per heavy atom. The average Bonchev–Trinajstić information content (AvgIpc) is 2.66. The molecule has 3 rings (SSSR count). The Labute approximate surface area is 120 Å². The van der Waals surface area contributed by atoms with Gasteiger partial charge in [-0.2, -0.15) is 0 Å². The van der Waals surface area contributed by atoms with Crippen LogP contribution in [0, 0.1) is 4.77 Å². The van der Waals surface area contributed by atoms with Gasteiger partial charge in [-0.05, 0) is 37.2 Å². The topological polar surface area (TPSA) is 29.9 Å². The van der Waals surface area contributed by atoms with E-state index in [0.29, 0.717) is 16.1 Å². The van der Waals surface area contributed by atoms with Crippen molar-refractivity contribution in [2.75, 3.05) is 13.2 Å². The van der Waals surface area contributed by atoms with Gasteiger partial charge in [0.2, 0.25) is 0 Å². The lowest BCUT2D eigenvalue weighted by molar-refractivity contribution is 0.0702. The molecule has 6 heteroatoms. The standard InChI is InChI=1S/C12H12Cl2N2OS/c13-8-5-10-11(6-9(8)14)16(12(18)15-10)7-1-3-17-4-2-7/h5-7H,1-4H2,(H,15,18). The van der Waals surface area contributed by atoms with Gasteiger partial charge in [-0.15, -0.1) is 0 Å². The van der Waals surface area contributed by atoms with Crippen molar-refractivity contribution in [3.05, 3.63) is 26.9 Å². The van der Waals surface area contributed by atoms with Crippen molar-refractivity contribution in [3.63, 3.8) is 0 Å². The summed E-state index contributed by atoms with van der Waals surface area (Å²) < 4.78 is 8.24. The fraction of sp³-hybridized carbons (Fsp3) is 0.417. The summed E-state index contributed by atoms with van der Waals surface area (Å²) in [6.45, 7) is 1.56. The van der Waals surface area contributed by atoms with Crippen molar-refractivity contribution in [2.45, 2.75) is 18.9 Å². The second-order valence-corrected chi connectivity index (χ2v) is 5.63. The molecule has 0 aliphatic carbocycles. The number of nitrogens with one attached hydrogen (secondary N) is 1. The Morgan fingerprint density at radius 1 is 1.22 bits per heavy atom. The van der Waals surface area contributed by atoms with Crippen molar-refractivity contribution in [2.24, 2.45) is 0 Å². The molecule has 1 N–H and O–H groups in total. The maximum Gasteiger partial charge on any atom is 0.178 e. The number of rotatable bonds is 1. The van der Waals surface area contributed by atoms with E-state index < -0.39 is 0 Å². The van der Waals surface area contributed by atoms with Crippen LogP contribution in [-0.4, -0.2) is 22.8 Å². The normalized spacial score (nSPS) is 17.4. The first-order chi connectivity index (χ1) is 8.66. The van der Waals surface area contributed by atoms with E-state index in [2.05, 4.69) is 9.55 Å². The summed E-state index contributed by atoms with van der Waals surface area (Å²) in [6, 6.07) is 4.07. The predicted octanol–water partition coefficient (Wildman–Crippen LogP) is 4.36. The molecule has 2 heterocycles. The van der Waals surface area contributed by atoms with Crippen molar-refractivity contribution in [1.82, 2.24) is 9.55 Å². The van der Waals surface area contributed by atoms with Crippen molar-refractivity contribution in [1.29, 1.82) is 0 Å². The molecule has 3 nitrogen and oxygen atoms in total. The number of hydrogen-bond acceptors (Lipinski definition) is 2. The summed E-state index contributed by atoms with van der Waals surface area (Å²) >= 11 is 17.5. The second-order valence-electron chi connectivity index (χ2n) is 4.43. The highest BCUT2D eigenvalue weighted by atomic mass is 35.5. The number of fused-ring (bicyclic) bond motifs is 1. The van der Waals surface area contributed by atoms with E-state index in [1.807, 2.05) is 12.1 Å². The summed E-state index contributed by atoms with van der Waals surface area (Å²) in [5, 5.41) is 1.10. The zero-order chi connectivity index (χ0) is 12.7. The molecule has 0 amide bonds. The fourth-order valence-electron chi connectivity index (χ4n) is 2.43. The van der Waals surface area contributed by atoms with Gasteiger partial charge in [0, 0.05) is 19.3 Å². The van der Waals surface area contributed by atoms with Gasteiger partial charge in [-0.1, -0.05) is 23.2 Å². The number of nitrogens with zero attached hydrogens (tertiary/aromatic N) is 1. The number of H-pyrrole nitrogens is 1. The van der Waals surface area contributed by atoms with Crippen LogP contribution in [0.25, 0.3) is 11.0 Å². The molecular weight excluding hydrogens is 291 g/mol. The highest BCUT2D eigenvalue weighted by molar-refractivity contribution is 7.71. The molecule has 0 atom stereocenters. The van der Waals surface area contributed by atoms with Gasteiger partial charge >= 0.3 is 0 Å². The first kappa shape index (κ1) is 12.5. The maximum absolute atomic E-state index is 6.09. The summed E-state index contributed by atoms with van der Waals surface area (Å²) in [7, 11) is 0. The molecule has 96 valence electrons. The molecule has 18 heavy (non-hydrogen) atoms. The molecule has 1 aromatic carbocycles. The van der Waals surface area contributed by atoms with E-state index in [1.54, 1.807) is 0 Å². The third-order valence-corrected chi connectivity index (χ3v) is 4.34. The van der Waals surface area contributed by atoms with Gasteiger partial charge in [0.05, 0.1) is 21.1 Å². The molecule has 1 aliphatic rings. The monoisotopic (exact) mass is 302 g/mol. The smallest absolute Gasteiger partial charge is 0.178 e. The highest BCUT2D eigenvalue weighted by Crippen LogP contribution is 2.31. The molecule has 0 unspecified atom stereocenters. The summed E-state index contributed by atoms with van der Waals surface area (Å²) in [6.07, 6.45) is 1.95. The van der Waals surface area contributed by atoms with E-state index in [9.17, 15) is 0 Å². The molecule has 1 aliphatic heterocycles. The molecule has 1 saturated heterocycles. The van der Waals surface area contributed by atoms with Crippen LogP contribution in [0.3, 0.4) is 0 Å². The number of ether oxygens (including phenoxy) is 1. The zero-order valence-corrected chi connectivity index (χ0v) is 11.9. The largest absolute Gasteiger partial charge is 0.381 e. The lowest BCUT2D eigenvalue weighted by atomic mass is 10.1. The van der Waals surface area contributed by atoms with Crippen LogP contribution >= 0.6 is 35.4 Å². The van der Waals surface area contributed by atoms with Gasteiger partial charge in [-0.3, -0.25) is 0 Å². The van der Waals surface area contributed by atoms with Crippen LogP contribution in [-0.2, 0) is 4.74 Å². The average molecular weight is 303 g/mol.